The van der Waals surface area contributed by atoms with Gasteiger partial charge >= 0.3 is 0 Å². The van der Waals surface area contributed by atoms with Crippen LogP contribution < -0.4 is 0 Å². The molecule has 1 fully saturated rings. The van der Waals surface area contributed by atoms with Crippen LogP contribution in [0.5, 0.6) is 0 Å². The number of carbonyl (C=O) groups is 1. The van der Waals surface area contributed by atoms with Crippen LogP contribution >= 0.6 is 11.8 Å². The summed E-state index contributed by atoms with van der Waals surface area (Å²) in [5, 5.41) is 0.735. The monoisotopic (exact) mass is 291 g/mol. The van der Waals surface area contributed by atoms with Gasteiger partial charge in [-0.3, -0.25) is 4.79 Å². The fraction of sp³-hybridized carbons (Fsp3) is 0.706. The van der Waals surface area contributed by atoms with E-state index in [0.29, 0.717) is 12.2 Å². The van der Waals surface area contributed by atoms with Crippen molar-refractivity contribution in [2.45, 2.75) is 64.7 Å². The highest BCUT2D eigenvalue weighted by Crippen LogP contribution is 2.37. The summed E-state index contributed by atoms with van der Waals surface area (Å²) in [4.78, 5) is 12.3. The molecule has 0 spiro atoms. The highest BCUT2D eigenvalue weighted by atomic mass is 32.2. The quantitative estimate of drug-likeness (QED) is 0.813. The maximum absolute atomic E-state index is 12.3. The van der Waals surface area contributed by atoms with E-state index in [2.05, 4.69) is 43.2 Å². The second kappa shape index (κ2) is 5.25. The molecule has 1 aromatic rings. The molecule has 0 saturated carbocycles. The number of Topliss-reactive ketones (excluding diaryl/α,β-unsaturated/α-hetero) is 1. The highest BCUT2D eigenvalue weighted by molar-refractivity contribution is 7.99. The fourth-order valence-electron chi connectivity index (χ4n) is 3.62. The molecule has 20 heavy (non-hydrogen) atoms. The van der Waals surface area contributed by atoms with E-state index < -0.39 is 0 Å². The first-order valence-corrected chi connectivity index (χ1v) is 8.85. The zero-order valence-electron chi connectivity index (χ0n) is 12.9. The molecule has 1 unspecified atom stereocenters. The lowest BCUT2D eigenvalue weighted by Crippen LogP contribution is -2.29. The van der Waals surface area contributed by atoms with Crippen molar-refractivity contribution < 1.29 is 4.79 Å². The number of nitrogens with zero attached hydrogens (tertiary/aromatic N) is 1. The minimum absolute atomic E-state index is 0.117. The van der Waals surface area contributed by atoms with Crippen LogP contribution in [0, 0.1) is 12.3 Å². The summed E-state index contributed by atoms with van der Waals surface area (Å²) < 4.78 is 2.44. The number of aromatic nitrogens is 1. The topological polar surface area (TPSA) is 22.0 Å². The van der Waals surface area contributed by atoms with Gasteiger partial charge < -0.3 is 4.57 Å². The molecule has 0 bridgehead atoms. The normalized spacial score (nSPS) is 25.6. The Hall–Kier alpha value is -0.700. The highest BCUT2D eigenvalue weighted by Gasteiger charge is 2.34. The van der Waals surface area contributed by atoms with Crippen LogP contribution in [0.3, 0.4) is 0 Å². The Morgan fingerprint density at radius 3 is 2.85 bits per heavy atom. The standard InChI is InChI=1S/C17H25NOS/c1-12-8-14-15(9-17(2,3)10-16(14)19)18(12)11-13-6-4-5-7-20-13/h8,13H,4-7,9-11H2,1-3H3. The van der Waals surface area contributed by atoms with Gasteiger partial charge in [-0.1, -0.05) is 20.3 Å². The smallest absolute Gasteiger partial charge is 0.165 e. The molecule has 0 aromatic carbocycles. The molecule has 2 heterocycles. The molecule has 0 N–H and O–H groups in total. The van der Waals surface area contributed by atoms with Gasteiger partial charge in [-0.05, 0) is 43.4 Å². The molecule has 1 saturated heterocycles. The lowest BCUT2D eigenvalue weighted by Gasteiger charge is -2.31. The third-order valence-corrected chi connectivity index (χ3v) is 6.04. The number of rotatable bonds is 2. The lowest BCUT2D eigenvalue weighted by molar-refractivity contribution is 0.0910. The Morgan fingerprint density at radius 1 is 1.35 bits per heavy atom. The van der Waals surface area contributed by atoms with Gasteiger partial charge in [-0.2, -0.15) is 11.8 Å². The van der Waals surface area contributed by atoms with Gasteiger partial charge in [-0.25, -0.2) is 0 Å². The summed E-state index contributed by atoms with van der Waals surface area (Å²) in [6.45, 7) is 7.69. The summed E-state index contributed by atoms with van der Waals surface area (Å²) in [5.74, 6) is 1.65. The molecule has 2 nitrogen and oxygen atoms in total. The largest absolute Gasteiger partial charge is 0.347 e. The van der Waals surface area contributed by atoms with Gasteiger partial charge in [0, 0.05) is 35.2 Å². The number of hydrogen-bond acceptors (Lipinski definition) is 2. The maximum Gasteiger partial charge on any atom is 0.165 e. The Bertz CT molecular complexity index is 523. The number of carbonyl (C=O) groups excluding carboxylic acids is 1. The van der Waals surface area contributed by atoms with Crippen molar-refractivity contribution in [1.29, 1.82) is 0 Å². The minimum Gasteiger partial charge on any atom is -0.347 e. The molecule has 1 aromatic heterocycles. The molecule has 1 atom stereocenters. The van der Waals surface area contributed by atoms with Gasteiger partial charge in [0.1, 0.15) is 0 Å². The Morgan fingerprint density at radius 2 is 2.15 bits per heavy atom. The number of fused-ring (bicyclic) bond motifs is 1. The molecule has 0 amide bonds. The van der Waals surface area contributed by atoms with Crippen molar-refractivity contribution >= 4 is 17.5 Å². The first kappa shape index (κ1) is 14.2. The Balaban J connectivity index is 1.90. The SMILES string of the molecule is Cc1cc2c(n1CC1CCCCS1)CC(C)(C)CC2=O. The van der Waals surface area contributed by atoms with Crippen LogP contribution in [0.15, 0.2) is 6.07 Å². The van der Waals surface area contributed by atoms with Gasteiger partial charge in [-0.15, -0.1) is 0 Å². The molecular formula is C17H25NOS. The molecular weight excluding hydrogens is 266 g/mol. The van der Waals surface area contributed by atoms with Crippen molar-refractivity contribution in [2.75, 3.05) is 5.75 Å². The van der Waals surface area contributed by atoms with Crippen molar-refractivity contribution in [2.24, 2.45) is 5.41 Å². The lowest BCUT2D eigenvalue weighted by atomic mass is 9.76. The molecule has 1 aliphatic heterocycles. The van der Waals surface area contributed by atoms with Gasteiger partial charge in [0.2, 0.25) is 0 Å². The summed E-state index contributed by atoms with van der Waals surface area (Å²) in [7, 11) is 0. The Kier molecular flexibility index (Phi) is 3.74. The van der Waals surface area contributed by atoms with E-state index in [1.54, 1.807) is 0 Å². The van der Waals surface area contributed by atoms with Gasteiger partial charge in [0.05, 0.1) is 0 Å². The van der Waals surface area contributed by atoms with Crippen molar-refractivity contribution in [3.05, 3.63) is 23.0 Å². The van der Waals surface area contributed by atoms with E-state index in [1.807, 2.05) is 0 Å². The van der Waals surface area contributed by atoms with Crippen LogP contribution in [-0.4, -0.2) is 21.4 Å². The number of hydrogen-bond donors (Lipinski definition) is 0. The van der Waals surface area contributed by atoms with E-state index in [9.17, 15) is 4.79 Å². The van der Waals surface area contributed by atoms with Crippen LogP contribution in [0.25, 0.3) is 0 Å². The second-order valence-corrected chi connectivity index (χ2v) is 8.59. The zero-order chi connectivity index (χ0) is 14.3. The average Bonchev–Trinajstić information content (AvgIpc) is 2.67. The van der Waals surface area contributed by atoms with E-state index in [-0.39, 0.29) is 5.41 Å². The van der Waals surface area contributed by atoms with Gasteiger partial charge in [0.15, 0.2) is 5.78 Å². The third kappa shape index (κ3) is 2.69. The molecule has 1 aliphatic carbocycles. The van der Waals surface area contributed by atoms with Crippen molar-refractivity contribution in [3.63, 3.8) is 0 Å². The first-order valence-electron chi connectivity index (χ1n) is 7.80. The Labute approximate surface area is 126 Å². The third-order valence-electron chi connectivity index (χ3n) is 4.66. The number of aryl methyl sites for hydroxylation is 1. The van der Waals surface area contributed by atoms with Crippen LogP contribution in [-0.2, 0) is 13.0 Å². The first-order chi connectivity index (χ1) is 9.46. The van der Waals surface area contributed by atoms with Crippen LogP contribution in [0.1, 0.15) is 61.3 Å². The molecule has 3 heteroatoms. The number of thioether (sulfide) groups is 1. The summed E-state index contributed by atoms with van der Waals surface area (Å²) >= 11 is 2.12. The minimum atomic E-state index is 0.117. The maximum atomic E-state index is 12.3. The van der Waals surface area contributed by atoms with Gasteiger partial charge in [0.25, 0.3) is 0 Å². The molecule has 0 radical (unpaired) electrons. The predicted octanol–water partition coefficient (Wildman–Crippen LogP) is 4.24. The molecule has 3 rings (SSSR count). The predicted molar refractivity (Wildman–Crippen MR) is 85.7 cm³/mol. The van der Waals surface area contributed by atoms with E-state index in [1.165, 1.54) is 36.4 Å². The van der Waals surface area contributed by atoms with Crippen LogP contribution in [0.2, 0.25) is 0 Å². The summed E-state index contributed by atoms with van der Waals surface area (Å²) in [6, 6.07) is 2.13. The second-order valence-electron chi connectivity index (χ2n) is 7.19. The van der Waals surface area contributed by atoms with Crippen molar-refractivity contribution in [1.82, 2.24) is 4.57 Å². The fourth-order valence-corrected chi connectivity index (χ4v) is 4.91. The summed E-state index contributed by atoms with van der Waals surface area (Å²) in [6.07, 6.45) is 5.80. The van der Waals surface area contributed by atoms with E-state index in [0.717, 1.165) is 23.8 Å². The summed E-state index contributed by atoms with van der Waals surface area (Å²) in [5.41, 5.74) is 3.69. The number of ketones is 1. The zero-order valence-corrected chi connectivity index (χ0v) is 13.7. The molecule has 2 aliphatic rings. The average molecular weight is 291 g/mol. The van der Waals surface area contributed by atoms with Crippen molar-refractivity contribution in [3.8, 4) is 0 Å². The molecule has 110 valence electrons. The van der Waals surface area contributed by atoms with Crippen LogP contribution in [0.4, 0.5) is 0 Å². The van der Waals surface area contributed by atoms with E-state index in [4.69, 9.17) is 0 Å². The van der Waals surface area contributed by atoms with E-state index >= 15 is 0 Å².